The van der Waals surface area contributed by atoms with E-state index in [0.29, 0.717) is 11.4 Å². The Bertz CT molecular complexity index is 977. The van der Waals surface area contributed by atoms with Crippen molar-refractivity contribution in [1.29, 1.82) is 0 Å². The molecule has 2 heterocycles. The van der Waals surface area contributed by atoms with E-state index in [-0.39, 0.29) is 10.6 Å². The first-order valence-corrected chi connectivity index (χ1v) is 9.67. The molecule has 28 heavy (non-hydrogen) atoms. The second kappa shape index (κ2) is 7.94. The number of benzene rings is 2. The van der Waals surface area contributed by atoms with Crippen LogP contribution in [0.25, 0.3) is 10.8 Å². The van der Waals surface area contributed by atoms with Gasteiger partial charge in [-0.15, -0.1) is 0 Å². The van der Waals surface area contributed by atoms with Crippen molar-refractivity contribution in [3.63, 3.8) is 0 Å². The summed E-state index contributed by atoms with van der Waals surface area (Å²) in [6, 6.07) is 16.3. The summed E-state index contributed by atoms with van der Waals surface area (Å²) < 4.78 is 0. The lowest BCUT2D eigenvalue weighted by Gasteiger charge is -2.31. The lowest BCUT2D eigenvalue weighted by Crippen LogP contribution is -2.39. The number of non-ortho nitro benzene ring substituents is 1. The summed E-state index contributed by atoms with van der Waals surface area (Å²) in [4.78, 5) is 20.1. The predicted octanol–water partition coefficient (Wildman–Crippen LogP) is 4.24. The minimum Gasteiger partial charge on any atom is -0.367 e. The Morgan fingerprint density at radius 2 is 1.93 bits per heavy atom. The highest BCUT2D eigenvalue weighted by atomic mass is 16.6. The molecule has 2 aromatic carbocycles. The molecule has 0 saturated carbocycles. The predicted molar refractivity (Wildman–Crippen MR) is 112 cm³/mol. The molecule has 0 radical (unpaired) electrons. The van der Waals surface area contributed by atoms with Gasteiger partial charge < -0.3 is 4.90 Å². The molecule has 1 aliphatic heterocycles. The minimum absolute atomic E-state index is 0.111. The molecular weight excluding hydrogens is 352 g/mol. The molecule has 6 heteroatoms. The Morgan fingerprint density at radius 1 is 1.11 bits per heavy atom. The summed E-state index contributed by atoms with van der Waals surface area (Å²) >= 11 is 0. The molecule has 144 valence electrons. The van der Waals surface area contributed by atoms with Gasteiger partial charge in [0, 0.05) is 61.8 Å². The van der Waals surface area contributed by atoms with Crippen molar-refractivity contribution in [1.82, 2.24) is 9.88 Å². The van der Waals surface area contributed by atoms with Gasteiger partial charge in [-0.25, -0.2) is 0 Å². The second-order valence-corrected chi connectivity index (χ2v) is 7.40. The maximum Gasteiger partial charge on any atom is 0.278 e. The van der Waals surface area contributed by atoms with E-state index >= 15 is 0 Å². The lowest BCUT2D eigenvalue weighted by molar-refractivity contribution is -0.383. The van der Waals surface area contributed by atoms with E-state index in [4.69, 9.17) is 0 Å². The summed E-state index contributed by atoms with van der Waals surface area (Å²) in [5, 5.41) is 12.9. The first kappa shape index (κ1) is 18.4. The van der Waals surface area contributed by atoms with Gasteiger partial charge in [0.1, 0.15) is 0 Å². The van der Waals surface area contributed by atoms with Crippen LogP contribution >= 0.6 is 0 Å². The van der Waals surface area contributed by atoms with E-state index in [1.807, 2.05) is 18.2 Å². The third-order valence-corrected chi connectivity index (χ3v) is 5.46. The molecular formula is C22H24N4O2. The molecule has 6 nitrogen and oxygen atoms in total. The fourth-order valence-electron chi connectivity index (χ4n) is 4.16. The molecule has 3 aromatic rings. The molecule has 1 aromatic heterocycles. The zero-order valence-electron chi connectivity index (χ0n) is 16.0. The van der Waals surface area contributed by atoms with Gasteiger partial charge in [-0.3, -0.25) is 20.0 Å². The first-order chi connectivity index (χ1) is 13.6. The van der Waals surface area contributed by atoms with E-state index in [0.717, 1.165) is 43.7 Å². The topological polar surface area (TPSA) is 62.5 Å². The standard InChI is InChI=1S/C22H24N4O2/c1-17-15-24(16-18-6-3-2-4-7-18)12-5-13-25(17)21-8-9-22(26(27)28)20-14-23-11-10-19(20)21/h2-4,6-11,14,17H,5,12-13,15-16H2,1H3. The van der Waals surface area contributed by atoms with Crippen LogP contribution in [0.3, 0.4) is 0 Å². The number of aromatic nitrogens is 1. The molecule has 4 rings (SSSR count). The quantitative estimate of drug-likeness (QED) is 0.503. The van der Waals surface area contributed by atoms with E-state index in [1.54, 1.807) is 18.5 Å². The van der Waals surface area contributed by atoms with Gasteiger partial charge in [0.15, 0.2) is 0 Å². The zero-order chi connectivity index (χ0) is 19.5. The van der Waals surface area contributed by atoms with Crippen molar-refractivity contribution in [2.45, 2.75) is 25.9 Å². The van der Waals surface area contributed by atoms with Gasteiger partial charge in [-0.1, -0.05) is 30.3 Å². The van der Waals surface area contributed by atoms with Crippen molar-refractivity contribution in [3.05, 3.63) is 76.6 Å². The largest absolute Gasteiger partial charge is 0.367 e. The van der Waals surface area contributed by atoms with Crippen LogP contribution in [0.4, 0.5) is 11.4 Å². The maximum atomic E-state index is 11.4. The Morgan fingerprint density at radius 3 is 2.71 bits per heavy atom. The number of hydrogen-bond donors (Lipinski definition) is 0. The molecule has 0 bridgehead atoms. The normalized spacial score (nSPS) is 18.2. The molecule has 1 atom stereocenters. The fourth-order valence-corrected chi connectivity index (χ4v) is 4.16. The van der Waals surface area contributed by atoms with E-state index < -0.39 is 0 Å². The molecule has 1 unspecified atom stereocenters. The van der Waals surface area contributed by atoms with Crippen molar-refractivity contribution in [2.75, 3.05) is 24.5 Å². The van der Waals surface area contributed by atoms with Gasteiger partial charge in [0.05, 0.1) is 10.3 Å². The van der Waals surface area contributed by atoms with Crippen LogP contribution in [0, 0.1) is 10.1 Å². The van der Waals surface area contributed by atoms with Crippen LogP contribution in [-0.2, 0) is 6.54 Å². The number of nitrogens with zero attached hydrogens (tertiary/aromatic N) is 4. The van der Waals surface area contributed by atoms with Crippen molar-refractivity contribution >= 4 is 22.1 Å². The SMILES string of the molecule is CC1CN(Cc2ccccc2)CCCN1c1ccc([N+](=O)[O-])c2cnccc12. The average molecular weight is 376 g/mol. The smallest absolute Gasteiger partial charge is 0.278 e. The molecule has 1 saturated heterocycles. The van der Waals surface area contributed by atoms with Gasteiger partial charge in [0.25, 0.3) is 5.69 Å². The van der Waals surface area contributed by atoms with E-state index in [9.17, 15) is 10.1 Å². The van der Waals surface area contributed by atoms with E-state index in [1.165, 1.54) is 5.56 Å². The summed E-state index contributed by atoms with van der Waals surface area (Å²) in [7, 11) is 0. The summed E-state index contributed by atoms with van der Waals surface area (Å²) in [5.41, 5.74) is 2.49. The number of nitro groups is 1. The van der Waals surface area contributed by atoms with Gasteiger partial charge in [-0.2, -0.15) is 0 Å². The van der Waals surface area contributed by atoms with Crippen LogP contribution in [-0.4, -0.2) is 40.5 Å². The summed E-state index contributed by atoms with van der Waals surface area (Å²) in [5.74, 6) is 0. The number of nitro benzene ring substituents is 1. The van der Waals surface area contributed by atoms with Crippen LogP contribution in [0.1, 0.15) is 18.9 Å². The zero-order valence-corrected chi connectivity index (χ0v) is 16.0. The molecule has 0 spiro atoms. The number of rotatable bonds is 4. The van der Waals surface area contributed by atoms with Crippen LogP contribution in [0.5, 0.6) is 0 Å². The van der Waals surface area contributed by atoms with Crippen LogP contribution < -0.4 is 4.90 Å². The Labute approximate surface area is 164 Å². The van der Waals surface area contributed by atoms with Crippen molar-refractivity contribution in [3.8, 4) is 0 Å². The highest BCUT2D eigenvalue weighted by Gasteiger charge is 2.25. The number of fused-ring (bicyclic) bond motifs is 1. The summed E-state index contributed by atoms with van der Waals surface area (Å²) in [6.07, 6.45) is 4.36. The molecule has 1 fully saturated rings. The number of hydrogen-bond acceptors (Lipinski definition) is 5. The maximum absolute atomic E-state index is 11.4. The van der Waals surface area contributed by atoms with Crippen LogP contribution in [0.15, 0.2) is 60.9 Å². The highest BCUT2D eigenvalue weighted by Crippen LogP contribution is 2.34. The highest BCUT2D eigenvalue weighted by molar-refractivity contribution is 5.99. The molecule has 0 aliphatic carbocycles. The van der Waals surface area contributed by atoms with Crippen LogP contribution in [0.2, 0.25) is 0 Å². The Kier molecular flexibility index (Phi) is 5.21. The monoisotopic (exact) mass is 376 g/mol. The Balaban J connectivity index is 1.61. The van der Waals surface area contributed by atoms with E-state index in [2.05, 4.69) is 46.0 Å². The lowest BCUT2D eigenvalue weighted by atomic mass is 10.1. The van der Waals surface area contributed by atoms with Gasteiger partial charge >= 0.3 is 0 Å². The van der Waals surface area contributed by atoms with Gasteiger partial charge in [-0.05, 0) is 31.0 Å². The van der Waals surface area contributed by atoms with Crippen molar-refractivity contribution < 1.29 is 4.92 Å². The summed E-state index contributed by atoms with van der Waals surface area (Å²) in [6.45, 7) is 6.12. The third kappa shape index (κ3) is 3.68. The first-order valence-electron chi connectivity index (χ1n) is 9.67. The average Bonchev–Trinajstić information content (AvgIpc) is 2.88. The Hall–Kier alpha value is -2.99. The van der Waals surface area contributed by atoms with Gasteiger partial charge in [0.2, 0.25) is 0 Å². The number of anilines is 1. The number of pyridine rings is 1. The second-order valence-electron chi connectivity index (χ2n) is 7.40. The molecule has 0 amide bonds. The molecule has 0 N–H and O–H groups in total. The minimum atomic E-state index is -0.332. The fraction of sp³-hybridized carbons (Fsp3) is 0.318. The molecule has 1 aliphatic rings. The third-order valence-electron chi connectivity index (χ3n) is 5.46. The van der Waals surface area contributed by atoms with Crippen molar-refractivity contribution in [2.24, 2.45) is 0 Å².